The third-order valence-electron chi connectivity index (χ3n) is 6.86. The first-order valence-corrected chi connectivity index (χ1v) is 13.7. The number of carbonyl (C=O) groups is 3. The highest BCUT2D eigenvalue weighted by atomic mass is 19.2. The summed E-state index contributed by atoms with van der Waals surface area (Å²) in [4.78, 5) is 44.0. The van der Waals surface area contributed by atoms with Crippen LogP contribution in [0.15, 0.2) is 42.5 Å². The smallest absolute Gasteiger partial charge is 0.408 e. The molecule has 8 nitrogen and oxygen atoms in total. The van der Waals surface area contributed by atoms with E-state index in [9.17, 15) is 23.2 Å². The number of benzene rings is 2. The van der Waals surface area contributed by atoms with Crippen molar-refractivity contribution in [1.29, 1.82) is 0 Å². The minimum atomic E-state index is -1.21. The van der Waals surface area contributed by atoms with Crippen molar-refractivity contribution in [1.82, 2.24) is 10.6 Å². The van der Waals surface area contributed by atoms with Gasteiger partial charge in [-0.1, -0.05) is 18.2 Å². The zero-order chi connectivity index (χ0) is 29.2. The highest BCUT2D eigenvalue weighted by molar-refractivity contribution is 6.04. The number of nitrogens with one attached hydrogen (secondary N) is 2. The first-order chi connectivity index (χ1) is 18.8. The molecule has 2 aromatic rings. The molecule has 1 aliphatic carbocycles. The lowest BCUT2D eigenvalue weighted by Crippen LogP contribution is -2.58. The fourth-order valence-corrected chi connectivity index (χ4v) is 4.88. The molecule has 2 aromatic carbocycles. The van der Waals surface area contributed by atoms with Crippen LogP contribution in [0.5, 0.6) is 0 Å². The van der Waals surface area contributed by atoms with Gasteiger partial charge in [-0.25, -0.2) is 13.6 Å². The molecule has 1 aliphatic heterocycles. The third kappa shape index (κ3) is 7.28. The number of rotatable bonds is 8. The van der Waals surface area contributed by atoms with Gasteiger partial charge >= 0.3 is 6.09 Å². The van der Waals surface area contributed by atoms with Crippen LogP contribution >= 0.6 is 0 Å². The van der Waals surface area contributed by atoms with Crippen molar-refractivity contribution in [3.63, 3.8) is 0 Å². The molecule has 2 atom stereocenters. The number of nitrogens with zero attached hydrogens (tertiary/aromatic N) is 2. The molecule has 1 saturated carbocycles. The molecule has 0 saturated heterocycles. The van der Waals surface area contributed by atoms with E-state index < -0.39 is 41.3 Å². The van der Waals surface area contributed by atoms with Crippen molar-refractivity contribution in [2.45, 2.75) is 77.6 Å². The fraction of sp³-hybridized carbons (Fsp3) is 0.500. The maximum Gasteiger partial charge on any atom is 0.408 e. The van der Waals surface area contributed by atoms with Crippen molar-refractivity contribution >= 4 is 29.3 Å². The molecule has 1 heterocycles. The first kappa shape index (κ1) is 29.3. The lowest BCUT2D eigenvalue weighted by molar-refractivity contribution is -0.128. The van der Waals surface area contributed by atoms with Crippen molar-refractivity contribution < 1.29 is 27.9 Å². The van der Waals surface area contributed by atoms with Crippen molar-refractivity contribution in [2.24, 2.45) is 5.92 Å². The van der Waals surface area contributed by atoms with E-state index in [-0.39, 0.29) is 24.9 Å². The standard InChI is InChI=1S/C30H38F2N4O4/c1-18(2)36-26-9-7-6-8-25(26)35(16-19-10-11-19)17-24(28(36)38)33-27(37)23(34-29(39)40-30(3,4)5)15-20-12-13-21(31)22(32)14-20/h6-9,12-14,18-19,23-24H,10-11,15-17H2,1-5H3,(H,33,37)(H,34,39)/t23-,24-/m1/s1. The topological polar surface area (TPSA) is 91.0 Å². The van der Waals surface area contributed by atoms with Gasteiger partial charge < -0.3 is 25.2 Å². The van der Waals surface area contributed by atoms with Gasteiger partial charge in [0.05, 0.1) is 11.4 Å². The summed E-state index contributed by atoms with van der Waals surface area (Å²) >= 11 is 0. The summed E-state index contributed by atoms with van der Waals surface area (Å²) in [7, 11) is 0. The molecule has 0 spiro atoms. The summed E-state index contributed by atoms with van der Waals surface area (Å²) in [6, 6.07) is 8.73. The maximum atomic E-state index is 13.9. The maximum absolute atomic E-state index is 13.9. The summed E-state index contributed by atoms with van der Waals surface area (Å²) in [5.74, 6) is -2.44. The van der Waals surface area contributed by atoms with Crippen molar-refractivity contribution in [3.8, 4) is 0 Å². The predicted molar refractivity (Wildman–Crippen MR) is 149 cm³/mol. The molecule has 0 bridgehead atoms. The number of hydrogen-bond donors (Lipinski definition) is 2. The number of carbonyl (C=O) groups excluding carboxylic acids is 3. The average molecular weight is 557 g/mol. The highest BCUT2D eigenvalue weighted by Gasteiger charge is 2.38. The van der Waals surface area contributed by atoms with Gasteiger partial charge in [-0.05, 0) is 83.2 Å². The molecule has 10 heteroatoms. The van der Waals surface area contributed by atoms with Gasteiger partial charge in [0.25, 0.3) is 5.91 Å². The van der Waals surface area contributed by atoms with Crippen molar-refractivity contribution in [3.05, 3.63) is 59.7 Å². The molecular weight excluding hydrogens is 518 g/mol. The van der Waals surface area contributed by atoms with Crippen LogP contribution in [0.3, 0.4) is 0 Å². The molecule has 3 amide bonds. The van der Waals surface area contributed by atoms with Gasteiger partial charge in [-0.2, -0.15) is 0 Å². The van der Waals surface area contributed by atoms with E-state index in [4.69, 9.17) is 4.74 Å². The number of alkyl carbamates (subject to hydrolysis) is 1. The highest BCUT2D eigenvalue weighted by Crippen LogP contribution is 2.38. The van der Waals surface area contributed by atoms with E-state index >= 15 is 0 Å². The Morgan fingerprint density at radius 3 is 2.33 bits per heavy atom. The Labute approximate surface area is 234 Å². The molecule has 40 heavy (non-hydrogen) atoms. The Kier molecular flexibility index (Phi) is 8.65. The molecule has 2 aliphatic rings. The lowest BCUT2D eigenvalue weighted by atomic mass is 10.0. The Morgan fingerprint density at radius 1 is 1.05 bits per heavy atom. The molecule has 0 aromatic heterocycles. The van der Waals surface area contributed by atoms with Crippen LogP contribution in [0.1, 0.15) is 53.0 Å². The second-order valence-electron chi connectivity index (χ2n) is 11.9. The molecule has 2 N–H and O–H groups in total. The van der Waals surface area contributed by atoms with E-state index in [1.165, 1.54) is 6.07 Å². The second-order valence-corrected chi connectivity index (χ2v) is 11.9. The minimum Gasteiger partial charge on any atom is -0.444 e. The van der Waals surface area contributed by atoms with Crippen LogP contribution in [0, 0.1) is 17.6 Å². The van der Waals surface area contributed by atoms with Crippen LogP contribution in [-0.4, -0.2) is 54.7 Å². The zero-order valence-electron chi connectivity index (χ0n) is 23.7. The quantitative estimate of drug-likeness (QED) is 0.498. The van der Waals surface area contributed by atoms with Crippen LogP contribution in [-0.2, 0) is 20.7 Å². The minimum absolute atomic E-state index is 0.136. The monoisotopic (exact) mass is 556 g/mol. The Morgan fingerprint density at radius 2 is 1.73 bits per heavy atom. The number of ether oxygens (including phenoxy) is 1. The number of anilines is 2. The number of amides is 3. The normalized spacial score (nSPS) is 18.2. The summed E-state index contributed by atoms with van der Waals surface area (Å²) in [6.45, 7) is 9.91. The average Bonchev–Trinajstić information content (AvgIpc) is 3.68. The van der Waals surface area contributed by atoms with Gasteiger partial charge in [0, 0.05) is 25.6 Å². The SMILES string of the molecule is CC(C)N1C(=O)[C@H](NC(=O)[C@@H](Cc2ccc(F)c(F)c2)NC(=O)OC(C)(C)C)CN(CC2CC2)c2ccccc21. The Bertz CT molecular complexity index is 1260. The second kappa shape index (κ2) is 11.8. The van der Waals surface area contributed by atoms with Gasteiger partial charge in [-0.15, -0.1) is 0 Å². The van der Waals surface area contributed by atoms with Gasteiger partial charge in [0.1, 0.15) is 17.7 Å². The largest absolute Gasteiger partial charge is 0.444 e. The van der Waals surface area contributed by atoms with Crippen LogP contribution in [0.2, 0.25) is 0 Å². The van der Waals surface area contributed by atoms with Gasteiger partial charge in [0.2, 0.25) is 5.91 Å². The molecule has 0 radical (unpaired) electrons. The zero-order valence-corrected chi connectivity index (χ0v) is 23.7. The van der Waals surface area contributed by atoms with Crippen LogP contribution < -0.4 is 20.4 Å². The molecule has 1 fully saturated rings. The van der Waals surface area contributed by atoms with Crippen LogP contribution in [0.4, 0.5) is 25.0 Å². The predicted octanol–water partition coefficient (Wildman–Crippen LogP) is 4.56. The molecule has 216 valence electrons. The van der Waals surface area contributed by atoms with E-state index in [1.54, 1.807) is 25.7 Å². The summed E-state index contributed by atoms with van der Waals surface area (Å²) in [5, 5.41) is 5.41. The number of para-hydroxylation sites is 2. The summed E-state index contributed by atoms with van der Waals surface area (Å²) in [5.41, 5.74) is 1.19. The van der Waals surface area contributed by atoms with Gasteiger partial charge in [-0.3, -0.25) is 9.59 Å². The fourth-order valence-electron chi connectivity index (χ4n) is 4.88. The van der Waals surface area contributed by atoms with E-state index in [0.717, 1.165) is 42.9 Å². The molecule has 4 rings (SSSR count). The summed E-state index contributed by atoms with van der Waals surface area (Å²) < 4.78 is 32.8. The van der Waals surface area contributed by atoms with E-state index in [1.807, 2.05) is 38.1 Å². The molecular formula is C30H38F2N4O4. The number of halogens is 2. The lowest BCUT2D eigenvalue weighted by Gasteiger charge is -2.30. The van der Waals surface area contributed by atoms with E-state index in [0.29, 0.717) is 11.5 Å². The Hall–Kier alpha value is -3.69. The third-order valence-corrected chi connectivity index (χ3v) is 6.86. The van der Waals surface area contributed by atoms with Crippen LogP contribution in [0.25, 0.3) is 0 Å². The van der Waals surface area contributed by atoms with Gasteiger partial charge in [0.15, 0.2) is 11.6 Å². The molecule has 0 unspecified atom stereocenters. The van der Waals surface area contributed by atoms with E-state index in [2.05, 4.69) is 15.5 Å². The number of fused-ring (bicyclic) bond motifs is 1. The van der Waals surface area contributed by atoms with Crippen molar-refractivity contribution in [2.75, 3.05) is 22.9 Å². The summed E-state index contributed by atoms with van der Waals surface area (Å²) in [6.07, 6.45) is 1.26. The number of hydrogen-bond acceptors (Lipinski definition) is 5. The first-order valence-electron chi connectivity index (χ1n) is 13.7. The Balaban J connectivity index is 1.61.